The molecule has 0 spiro atoms. The highest BCUT2D eigenvalue weighted by Crippen LogP contribution is 2.26. The fraction of sp³-hybridized carbons (Fsp3) is 0.533. The highest BCUT2D eigenvalue weighted by atomic mass is 35.5. The first-order chi connectivity index (χ1) is 9.20. The van der Waals surface area contributed by atoms with Crippen molar-refractivity contribution in [1.82, 2.24) is 5.32 Å². The molecule has 0 saturated carbocycles. The predicted octanol–water partition coefficient (Wildman–Crippen LogP) is 2.75. The van der Waals surface area contributed by atoms with Crippen molar-refractivity contribution in [3.05, 3.63) is 23.8 Å². The molecule has 0 bridgehead atoms. The van der Waals surface area contributed by atoms with E-state index < -0.39 is 0 Å². The SMILES string of the molecule is CCOc1cc(C)ccc1NC(=O)C1CCCNC1.Cl. The smallest absolute Gasteiger partial charge is 0.228 e. The van der Waals surface area contributed by atoms with Crippen LogP contribution in [-0.2, 0) is 4.79 Å². The molecular weight excluding hydrogens is 276 g/mol. The molecule has 0 aliphatic carbocycles. The molecular formula is C15H23ClN2O2. The van der Waals surface area contributed by atoms with Crippen molar-refractivity contribution in [2.75, 3.05) is 25.0 Å². The van der Waals surface area contributed by atoms with Gasteiger partial charge in [0, 0.05) is 6.54 Å². The van der Waals surface area contributed by atoms with Gasteiger partial charge in [-0.05, 0) is 50.9 Å². The maximum Gasteiger partial charge on any atom is 0.228 e. The van der Waals surface area contributed by atoms with Crippen molar-refractivity contribution in [2.24, 2.45) is 5.92 Å². The molecule has 1 aliphatic rings. The maximum atomic E-state index is 12.2. The summed E-state index contributed by atoms with van der Waals surface area (Å²) in [5.41, 5.74) is 1.89. The van der Waals surface area contributed by atoms with Gasteiger partial charge >= 0.3 is 0 Å². The molecule has 0 radical (unpaired) electrons. The second-order valence-corrected chi connectivity index (χ2v) is 4.97. The van der Waals surface area contributed by atoms with E-state index in [2.05, 4.69) is 10.6 Å². The van der Waals surface area contributed by atoms with Crippen LogP contribution in [0.3, 0.4) is 0 Å². The van der Waals surface area contributed by atoms with Crippen LogP contribution < -0.4 is 15.4 Å². The molecule has 1 heterocycles. The zero-order chi connectivity index (χ0) is 13.7. The number of aryl methyl sites for hydroxylation is 1. The Bertz CT molecular complexity index is 445. The standard InChI is InChI=1S/C15H22N2O2.ClH/c1-3-19-14-9-11(2)6-7-13(14)17-15(18)12-5-4-8-16-10-12;/h6-7,9,12,16H,3-5,8,10H2,1-2H3,(H,17,18);1H. The zero-order valence-corrected chi connectivity index (χ0v) is 12.9. The van der Waals surface area contributed by atoms with Gasteiger partial charge in [-0.3, -0.25) is 4.79 Å². The lowest BCUT2D eigenvalue weighted by molar-refractivity contribution is -0.120. The van der Waals surface area contributed by atoms with Crippen molar-refractivity contribution in [3.63, 3.8) is 0 Å². The zero-order valence-electron chi connectivity index (χ0n) is 12.1. The molecule has 2 N–H and O–H groups in total. The van der Waals surface area contributed by atoms with Crippen LogP contribution in [0.15, 0.2) is 18.2 Å². The summed E-state index contributed by atoms with van der Waals surface area (Å²) in [5.74, 6) is 0.890. The minimum Gasteiger partial charge on any atom is -0.492 e. The van der Waals surface area contributed by atoms with Gasteiger partial charge in [0.15, 0.2) is 0 Å². The Hall–Kier alpha value is -1.26. The fourth-order valence-corrected chi connectivity index (χ4v) is 2.32. The summed E-state index contributed by atoms with van der Waals surface area (Å²) in [5, 5.41) is 6.25. The van der Waals surface area contributed by atoms with Gasteiger partial charge in [0.05, 0.1) is 18.2 Å². The van der Waals surface area contributed by atoms with Crippen molar-refractivity contribution >= 4 is 24.0 Å². The number of anilines is 1. The number of piperidine rings is 1. The number of halogens is 1. The largest absolute Gasteiger partial charge is 0.492 e. The molecule has 1 fully saturated rings. The molecule has 1 aromatic carbocycles. The lowest BCUT2D eigenvalue weighted by atomic mass is 9.98. The molecule has 1 aromatic rings. The quantitative estimate of drug-likeness (QED) is 0.898. The molecule has 5 heteroatoms. The summed E-state index contributed by atoms with van der Waals surface area (Å²) in [6.07, 6.45) is 2.01. The number of hydrogen-bond donors (Lipinski definition) is 2. The Morgan fingerprint density at radius 1 is 1.50 bits per heavy atom. The molecule has 20 heavy (non-hydrogen) atoms. The van der Waals surface area contributed by atoms with Crippen LogP contribution in [0.4, 0.5) is 5.69 Å². The average molecular weight is 299 g/mol. The Morgan fingerprint density at radius 2 is 2.30 bits per heavy atom. The number of rotatable bonds is 4. The number of amides is 1. The summed E-state index contributed by atoms with van der Waals surface area (Å²) in [4.78, 5) is 12.2. The van der Waals surface area contributed by atoms with E-state index in [0.29, 0.717) is 6.61 Å². The number of ether oxygens (including phenoxy) is 1. The van der Waals surface area contributed by atoms with Crippen molar-refractivity contribution in [2.45, 2.75) is 26.7 Å². The van der Waals surface area contributed by atoms with Crippen LogP contribution in [-0.4, -0.2) is 25.6 Å². The number of carbonyl (C=O) groups is 1. The van der Waals surface area contributed by atoms with Gasteiger partial charge in [0.2, 0.25) is 5.91 Å². The normalized spacial score (nSPS) is 18.0. The van der Waals surface area contributed by atoms with E-state index in [4.69, 9.17) is 4.74 Å². The molecule has 1 saturated heterocycles. The third kappa shape index (κ3) is 4.39. The van der Waals surface area contributed by atoms with E-state index in [1.54, 1.807) is 0 Å². The second-order valence-electron chi connectivity index (χ2n) is 4.97. The predicted molar refractivity (Wildman–Crippen MR) is 83.8 cm³/mol. The first kappa shape index (κ1) is 16.8. The summed E-state index contributed by atoms with van der Waals surface area (Å²) >= 11 is 0. The minimum atomic E-state index is 0. The van der Waals surface area contributed by atoms with Crippen molar-refractivity contribution < 1.29 is 9.53 Å². The molecule has 112 valence electrons. The van der Waals surface area contributed by atoms with E-state index >= 15 is 0 Å². The number of carbonyl (C=O) groups excluding carboxylic acids is 1. The Labute approximate surface area is 126 Å². The molecule has 4 nitrogen and oxygen atoms in total. The summed E-state index contributed by atoms with van der Waals surface area (Å²) in [6, 6.07) is 5.85. The monoisotopic (exact) mass is 298 g/mol. The molecule has 2 rings (SSSR count). The van der Waals surface area contributed by atoms with Crippen molar-refractivity contribution in [1.29, 1.82) is 0 Å². The molecule has 1 atom stereocenters. The highest BCUT2D eigenvalue weighted by molar-refractivity contribution is 5.94. The minimum absolute atomic E-state index is 0. The lowest BCUT2D eigenvalue weighted by Gasteiger charge is -2.22. The summed E-state index contributed by atoms with van der Waals surface area (Å²) in [7, 11) is 0. The third-order valence-corrected chi connectivity index (χ3v) is 3.36. The van der Waals surface area contributed by atoms with Gasteiger partial charge in [0.25, 0.3) is 0 Å². The Kier molecular flexibility index (Phi) is 6.82. The number of benzene rings is 1. The average Bonchev–Trinajstić information content (AvgIpc) is 2.43. The first-order valence-corrected chi connectivity index (χ1v) is 6.95. The van der Waals surface area contributed by atoms with E-state index in [0.717, 1.165) is 42.9 Å². The van der Waals surface area contributed by atoms with Gasteiger partial charge in [-0.15, -0.1) is 12.4 Å². The van der Waals surface area contributed by atoms with E-state index in [1.807, 2.05) is 32.0 Å². The summed E-state index contributed by atoms with van der Waals surface area (Å²) < 4.78 is 5.58. The van der Waals surface area contributed by atoms with Crippen molar-refractivity contribution in [3.8, 4) is 5.75 Å². The van der Waals surface area contributed by atoms with Gasteiger partial charge in [0.1, 0.15) is 5.75 Å². The van der Waals surface area contributed by atoms with Crippen LogP contribution in [0.5, 0.6) is 5.75 Å². The Balaban J connectivity index is 0.00000200. The molecule has 1 amide bonds. The van der Waals surface area contributed by atoms with E-state index in [9.17, 15) is 4.79 Å². The van der Waals surface area contributed by atoms with Crippen LogP contribution in [0.2, 0.25) is 0 Å². The molecule has 0 aromatic heterocycles. The molecule has 1 unspecified atom stereocenters. The topological polar surface area (TPSA) is 50.4 Å². The van der Waals surface area contributed by atoms with E-state index in [-0.39, 0.29) is 24.2 Å². The van der Waals surface area contributed by atoms with Gasteiger partial charge < -0.3 is 15.4 Å². The van der Waals surface area contributed by atoms with Crippen LogP contribution in [0.1, 0.15) is 25.3 Å². The van der Waals surface area contributed by atoms with Gasteiger partial charge in [-0.25, -0.2) is 0 Å². The summed E-state index contributed by atoms with van der Waals surface area (Å²) in [6.45, 7) is 6.33. The molecule has 1 aliphatic heterocycles. The number of nitrogens with one attached hydrogen (secondary N) is 2. The third-order valence-electron chi connectivity index (χ3n) is 3.36. The van der Waals surface area contributed by atoms with Crippen LogP contribution in [0.25, 0.3) is 0 Å². The van der Waals surface area contributed by atoms with Gasteiger partial charge in [-0.1, -0.05) is 6.07 Å². The second kappa shape index (κ2) is 8.12. The fourth-order valence-electron chi connectivity index (χ4n) is 2.32. The first-order valence-electron chi connectivity index (χ1n) is 6.95. The number of hydrogen-bond acceptors (Lipinski definition) is 3. The lowest BCUT2D eigenvalue weighted by Crippen LogP contribution is -2.37. The van der Waals surface area contributed by atoms with Crippen LogP contribution in [0, 0.1) is 12.8 Å². The highest BCUT2D eigenvalue weighted by Gasteiger charge is 2.21. The Morgan fingerprint density at radius 3 is 2.95 bits per heavy atom. The van der Waals surface area contributed by atoms with Crippen LogP contribution >= 0.6 is 12.4 Å². The van der Waals surface area contributed by atoms with E-state index in [1.165, 1.54) is 0 Å². The maximum absolute atomic E-state index is 12.2. The van der Waals surface area contributed by atoms with Gasteiger partial charge in [-0.2, -0.15) is 0 Å².